The molecule has 1 aliphatic rings. The van der Waals surface area contributed by atoms with E-state index in [2.05, 4.69) is 61.4 Å². The Bertz CT molecular complexity index is 1530. The van der Waals surface area contributed by atoms with Crippen LogP contribution >= 0.6 is 0 Å². The molecule has 1 fully saturated rings. The third kappa shape index (κ3) is 6.53. The molecule has 0 amide bonds. The van der Waals surface area contributed by atoms with Gasteiger partial charge in [-0.1, -0.05) is 66.7 Å². The predicted molar refractivity (Wildman–Crippen MR) is 150 cm³/mol. The van der Waals surface area contributed by atoms with Crippen LogP contribution in [0.1, 0.15) is 47.0 Å². The maximum atomic E-state index is 14.5. The van der Waals surface area contributed by atoms with Gasteiger partial charge in [0.1, 0.15) is 5.82 Å². The third-order valence-corrected chi connectivity index (χ3v) is 7.44. The molecule has 4 aromatic rings. The third-order valence-electron chi connectivity index (χ3n) is 7.44. The summed E-state index contributed by atoms with van der Waals surface area (Å²) >= 11 is 0. The standard InChI is InChI=1S/C31H34FN3O2.CO2/c1-4-34-29(7-5-6-24-9-14-26(15-10-24)27-13-8-22(2)23(3)18-27)33-35(30(34)36)19-25-11-16-28(17-12-25)31(32)20-37-21-31;2-1-3/h8-18H,4-7,19-21H2,1-3H3;. The molecule has 8 heteroatoms. The maximum absolute atomic E-state index is 14.5. The van der Waals surface area contributed by atoms with Gasteiger partial charge in [-0.15, -0.1) is 0 Å². The Morgan fingerprint density at radius 1 is 0.900 bits per heavy atom. The van der Waals surface area contributed by atoms with Crippen LogP contribution in [0.15, 0.2) is 71.5 Å². The number of hydrogen-bond donors (Lipinski definition) is 0. The largest absolute Gasteiger partial charge is 0.374 e. The summed E-state index contributed by atoms with van der Waals surface area (Å²) in [5.74, 6) is 0.810. The molecule has 0 radical (unpaired) electrons. The average molecular weight is 544 g/mol. The van der Waals surface area contributed by atoms with Crippen molar-refractivity contribution in [1.82, 2.24) is 14.3 Å². The van der Waals surface area contributed by atoms with Crippen LogP contribution in [0.4, 0.5) is 4.39 Å². The Kier molecular flexibility index (Phi) is 9.25. The van der Waals surface area contributed by atoms with Crippen molar-refractivity contribution in [3.8, 4) is 11.1 Å². The second kappa shape index (κ2) is 12.8. The van der Waals surface area contributed by atoms with Crippen LogP contribution in [0.25, 0.3) is 11.1 Å². The van der Waals surface area contributed by atoms with Gasteiger partial charge in [-0.3, -0.25) is 4.57 Å². The van der Waals surface area contributed by atoms with Crippen LogP contribution in [0, 0.1) is 13.8 Å². The molecular formula is C32H34FN3O4. The summed E-state index contributed by atoms with van der Waals surface area (Å²) in [4.78, 5) is 29.2. The fraction of sp³-hybridized carbons (Fsp3) is 0.344. The number of benzene rings is 3. The Hall–Kier alpha value is -4.13. The van der Waals surface area contributed by atoms with Crippen LogP contribution in [-0.4, -0.2) is 33.7 Å². The van der Waals surface area contributed by atoms with E-state index >= 15 is 0 Å². The summed E-state index contributed by atoms with van der Waals surface area (Å²) in [6, 6.07) is 22.6. The summed E-state index contributed by atoms with van der Waals surface area (Å²) in [5, 5.41) is 4.65. The zero-order valence-electron chi connectivity index (χ0n) is 23.2. The highest BCUT2D eigenvalue weighted by molar-refractivity contribution is 5.65. The summed E-state index contributed by atoms with van der Waals surface area (Å²) in [5.41, 5.74) is 6.41. The van der Waals surface area contributed by atoms with E-state index in [1.165, 1.54) is 32.5 Å². The Labute approximate surface area is 233 Å². The van der Waals surface area contributed by atoms with E-state index in [4.69, 9.17) is 14.3 Å². The van der Waals surface area contributed by atoms with Crippen LogP contribution in [0.5, 0.6) is 0 Å². The molecule has 1 saturated heterocycles. The molecule has 0 unspecified atom stereocenters. The molecule has 0 spiro atoms. The molecule has 0 aliphatic carbocycles. The molecule has 3 aromatic carbocycles. The van der Waals surface area contributed by atoms with Crippen molar-refractivity contribution in [1.29, 1.82) is 0 Å². The zero-order chi connectivity index (χ0) is 28.7. The van der Waals surface area contributed by atoms with Gasteiger partial charge in [0.05, 0.1) is 19.8 Å². The smallest absolute Gasteiger partial charge is 0.373 e. The summed E-state index contributed by atoms with van der Waals surface area (Å²) in [6.45, 7) is 7.41. The SMILES string of the molecule is CCn1c(CCCc2ccc(-c3ccc(C)c(C)c3)cc2)nn(Cc2ccc(C3(F)COC3)cc2)c1=O.O=C=O. The molecule has 208 valence electrons. The normalized spacial score (nSPS) is 13.6. The van der Waals surface area contributed by atoms with Gasteiger partial charge in [-0.25, -0.2) is 13.9 Å². The number of alkyl halides is 1. The van der Waals surface area contributed by atoms with Gasteiger partial charge >= 0.3 is 11.8 Å². The quantitative estimate of drug-likeness (QED) is 0.290. The second-order valence-corrected chi connectivity index (χ2v) is 10.2. The number of aromatic nitrogens is 3. The van der Waals surface area contributed by atoms with Gasteiger partial charge in [-0.2, -0.15) is 14.7 Å². The number of halogens is 1. The number of aryl methyl sites for hydroxylation is 4. The first kappa shape index (κ1) is 28.9. The lowest BCUT2D eigenvalue weighted by atomic mass is 9.93. The number of hydrogen-bond acceptors (Lipinski definition) is 5. The van der Waals surface area contributed by atoms with Gasteiger partial charge in [0.25, 0.3) is 0 Å². The van der Waals surface area contributed by atoms with Crippen molar-refractivity contribution in [3.05, 3.63) is 111 Å². The maximum Gasteiger partial charge on any atom is 0.373 e. The van der Waals surface area contributed by atoms with Gasteiger partial charge in [-0.05, 0) is 72.6 Å². The Morgan fingerprint density at radius 3 is 2.10 bits per heavy atom. The summed E-state index contributed by atoms with van der Waals surface area (Å²) < 4.78 is 22.8. The lowest BCUT2D eigenvalue weighted by Gasteiger charge is -2.34. The van der Waals surface area contributed by atoms with Crippen molar-refractivity contribution in [2.75, 3.05) is 13.2 Å². The second-order valence-electron chi connectivity index (χ2n) is 10.2. The number of ether oxygens (including phenoxy) is 1. The fourth-order valence-corrected chi connectivity index (χ4v) is 4.86. The first-order valence-corrected chi connectivity index (χ1v) is 13.5. The van der Waals surface area contributed by atoms with E-state index in [0.29, 0.717) is 18.7 Å². The first-order chi connectivity index (χ1) is 19.3. The number of rotatable bonds is 9. The van der Waals surface area contributed by atoms with Crippen molar-refractivity contribution >= 4 is 6.15 Å². The molecule has 0 N–H and O–H groups in total. The van der Waals surface area contributed by atoms with Gasteiger partial charge in [0, 0.05) is 13.0 Å². The molecule has 1 aromatic heterocycles. The lowest BCUT2D eigenvalue weighted by Crippen LogP contribution is -2.42. The van der Waals surface area contributed by atoms with E-state index in [9.17, 15) is 9.18 Å². The van der Waals surface area contributed by atoms with E-state index < -0.39 is 5.67 Å². The van der Waals surface area contributed by atoms with Crippen LogP contribution < -0.4 is 5.69 Å². The monoisotopic (exact) mass is 543 g/mol. The Morgan fingerprint density at radius 2 is 1.52 bits per heavy atom. The predicted octanol–water partition coefficient (Wildman–Crippen LogP) is 5.18. The Balaban J connectivity index is 0.00000118. The molecule has 5 rings (SSSR count). The van der Waals surface area contributed by atoms with E-state index in [-0.39, 0.29) is 25.1 Å². The average Bonchev–Trinajstić information content (AvgIpc) is 3.23. The fourth-order valence-electron chi connectivity index (χ4n) is 4.86. The van der Waals surface area contributed by atoms with Crippen molar-refractivity contribution in [2.45, 2.75) is 58.8 Å². The molecule has 2 heterocycles. The molecule has 0 atom stereocenters. The van der Waals surface area contributed by atoms with E-state index in [0.717, 1.165) is 30.7 Å². The lowest BCUT2D eigenvalue weighted by molar-refractivity contribution is -0.191. The molecule has 1 aliphatic heterocycles. The highest BCUT2D eigenvalue weighted by Gasteiger charge is 2.40. The van der Waals surface area contributed by atoms with Crippen molar-refractivity contribution < 1.29 is 18.7 Å². The van der Waals surface area contributed by atoms with Crippen molar-refractivity contribution in [3.63, 3.8) is 0 Å². The summed E-state index contributed by atoms with van der Waals surface area (Å²) in [6.07, 6.45) is 2.82. The van der Waals surface area contributed by atoms with Crippen molar-refractivity contribution in [2.24, 2.45) is 0 Å². The highest BCUT2D eigenvalue weighted by atomic mass is 19.1. The minimum absolute atomic E-state index is 0.103. The molecule has 0 bridgehead atoms. The molecule has 7 nitrogen and oxygen atoms in total. The minimum atomic E-state index is -1.38. The number of carbonyl (C=O) groups excluding carboxylic acids is 2. The van der Waals surface area contributed by atoms with Crippen LogP contribution in [0.2, 0.25) is 0 Å². The van der Waals surface area contributed by atoms with E-state index in [1.54, 1.807) is 16.7 Å². The van der Waals surface area contributed by atoms with E-state index in [1.807, 2.05) is 19.1 Å². The first-order valence-electron chi connectivity index (χ1n) is 13.5. The van der Waals surface area contributed by atoms with Crippen LogP contribution in [0.3, 0.4) is 0 Å². The van der Waals surface area contributed by atoms with Gasteiger partial charge in [0.15, 0.2) is 5.67 Å². The molecular weight excluding hydrogens is 509 g/mol. The van der Waals surface area contributed by atoms with Gasteiger partial charge < -0.3 is 4.74 Å². The molecule has 40 heavy (non-hydrogen) atoms. The zero-order valence-corrected chi connectivity index (χ0v) is 23.2. The summed E-state index contributed by atoms with van der Waals surface area (Å²) in [7, 11) is 0. The molecule has 0 saturated carbocycles. The number of nitrogens with zero attached hydrogens (tertiary/aromatic N) is 3. The van der Waals surface area contributed by atoms with Gasteiger partial charge in [0.2, 0.25) is 0 Å². The topological polar surface area (TPSA) is 83.2 Å². The minimum Gasteiger partial charge on any atom is -0.374 e. The van der Waals surface area contributed by atoms with Crippen LogP contribution in [-0.2, 0) is 45.9 Å². The highest BCUT2D eigenvalue weighted by Crippen LogP contribution is 2.33.